The first-order valence-corrected chi connectivity index (χ1v) is 13.2. The van der Waals surface area contributed by atoms with Crippen LogP contribution in [0.2, 0.25) is 0 Å². The molecule has 38 heavy (non-hydrogen) atoms. The first kappa shape index (κ1) is 25.6. The third kappa shape index (κ3) is 7.04. The Morgan fingerprint density at radius 2 is 1.68 bits per heavy atom. The highest BCUT2D eigenvalue weighted by Gasteiger charge is 2.16. The highest BCUT2D eigenvalue weighted by molar-refractivity contribution is 9.10. The van der Waals surface area contributed by atoms with Gasteiger partial charge in [0.1, 0.15) is 18.2 Å². The second-order valence-corrected chi connectivity index (χ2v) is 9.70. The van der Waals surface area contributed by atoms with Crippen molar-refractivity contribution >= 4 is 45.7 Å². The minimum Gasteiger partial charge on any atom is -0.488 e. The lowest BCUT2D eigenvalue weighted by Crippen LogP contribution is -2.31. The predicted molar refractivity (Wildman–Crippen MR) is 152 cm³/mol. The molecule has 1 fully saturated rings. The van der Waals surface area contributed by atoms with Crippen LogP contribution in [0.1, 0.15) is 30.4 Å². The Hall–Kier alpha value is -4.05. The van der Waals surface area contributed by atoms with Crippen molar-refractivity contribution in [2.75, 3.05) is 28.7 Å². The molecule has 5 rings (SSSR count). The molecule has 0 amide bonds. The van der Waals surface area contributed by atoms with Crippen LogP contribution in [-0.4, -0.2) is 34.3 Å². The summed E-state index contributed by atoms with van der Waals surface area (Å²) in [5.74, 6) is 1.60. The zero-order valence-electron chi connectivity index (χ0n) is 20.6. The number of aromatic nitrogens is 3. The molecule has 0 bridgehead atoms. The van der Waals surface area contributed by atoms with Gasteiger partial charge >= 0.3 is 0 Å². The number of hydrogen-bond donors (Lipinski definition) is 2. The summed E-state index contributed by atoms with van der Waals surface area (Å²) < 4.78 is 20.3. The Morgan fingerprint density at radius 3 is 2.47 bits per heavy atom. The Kier molecular flexibility index (Phi) is 8.39. The number of anilines is 4. The van der Waals surface area contributed by atoms with Crippen molar-refractivity contribution in [3.05, 3.63) is 94.2 Å². The van der Waals surface area contributed by atoms with E-state index in [4.69, 9.17) is 4.74 Å². The molecule has 2 heterocycles. The van der Waals surface area contributed by atoms with Crippen LogP contribution in [0.25, 0.3) is 0 Å². The molecule has 4 aromatic rings. The molecule has 2 N–H and O–H groups in total. The van der Waals surface area contributed by atoms with E-state index in [0.29, 0.717) is 35.9 Å². The minimum atomic E-state index is -0.309. The van der Waals surface area contributed by atoms with E-state index < -0.39 is 0 Å². The summed E-state index contributed by atoms with van der Waals surface area (Å²) in [6.07, 6.45) is 5.03. The summed E-state index contributed by atoms with van der Waals surface area (Å²) in [6.45, 7) is 2.20. The Labute approximate surface area is 229 Å². The lowest BCUT2D eigenvalue weighted by atomic mass is 10.1. The fourth-order valence-corrected chi connectivity index (χ4v) is 4.39. The Balaban J connectivity index is 1.35. The van der Waals surface area contributed by atoms with Crippen molar-refractivity contribution in [1.29, 1.82) is 0 Å². The molecule has 10 heteroatoms. The molecule has 8 nitrogen and oxygen atoms in total. The number of ether oxygens (including phenoxy) is 1. The van der Waals surface area contributed by atoms with Gasteiger partial charge in [0.15, 0.2) is 0 Å². The van der Waals surface area contributed by atoms with Crippen LogP contribution in [0, 0.1) is 5.82 Å². The van der Waals surface area contributed by atoms with Gasteiger partial charge in [0.25, 0.3) is 0 Å². The maximum atomic E-state index is 13.4. The fourth-order valence-electron chi connectivity index (χ4n) is 4.01. The van der Waals surface area contributed by atoms with Gasteiger partial charge in [-0.2, -0.15) is 20.1 Å². The first-order valence-electron chi connectivity index (χ1n) is 12.4. The quantitative estimate of drug-likeness (QED) is 0.173. The van der Waals surface area contributed by atoms with E-state index in [1.807, 2.05) is 48.5 Å². The third-order valence-electron chi connectivity index (χ3n) is 5.94. The summed E-state index contributed by atoms with van der Waals surface area (Å²) >= 11 is 3.52. The summed E-state index contributed by atoms with van der Waals surface area (Å²) in [5, 5.41) is 7.52. The number of nitrogens with zero attached hydrogens (tertiary/aromatic N) is 5. The van der Waals surface area contributed by atoms with E-state index in [2.05, 4.69) is 51.6 Å². The number of nitrogens with one attached hydrogen (secondary N) is 2. The molecular weight excluding hydrogens is 549 g/mol. The standard InChI is InChI=1S/C28H27BrFN7O/c29-22-9-14-25(38-19-20-7-3-1-4-8-20)21(17-22)18-31-36-27-33-26(32-24-12-10-23(30)11-13-24)34-28(35-27)37-15-5-2-6-16-37/h1,3-4,7-14,17-18H,2,5-6,15-16,19H2,(H2,32,33,34,35,36)/b31-18-. The first-order chi connectivity index (χ1) is 18.6. The molecule has 0 saturated carbocycles. The molecular formula is C28H27BrFN7O. The average molecular weight is 576 g/mol. The van der Waals surface area contributed by atoms with E-state index in [0.717, 1.165) is 41.5 Å². The molecule has 1 aromatic heterocycles. The molecule has 1 aliphatic heterocycles. The van der Waals surface area contributed by atoms with Crippen molar-refractivity contribution in [2.24, 2.45) is 5.10 Å². The number of hydrazone groups is 1. The molecule has 1 aliphatic rings. The molecule has 3 aromatic carbocycles. The highest BCUT2D eigenvalue weighted by Crippen LogP contribution is 2.24. The SMILES string of the molecule is Fc1ccc(Nc2nc(N/N=C\c3cc(Br)ccc3OCc3ccccc3)nc(N3CCCCC3)n2)cc1. The number of hydrogen-bond acceptors (Lipinski definition) is 8. The lowest BCUT2D eigenvalue weighted by Gasteiger charge is -2.26. The van der Waals surface area contributed by atoms with E-state index >= 15 is 0 Å². The maximum Gasteiger partial charge on any atom is 0.250 e. The van der Waals surface area contributed by atoms with Crippen molar-refractivity contribution in [3.63, 3.8) is 0 Å². The maximum absolute atomic E-state index is 13.4. The minimum absolute atomic E-state index is 0.295. The Bertz CT molecular complexity index is 1380. The van der Waals surface area contributed by atoms with Gasteiger partial charge in [-0.05, 0) is 67.3 Å². The van der Waals surface area contributed by atoms with Crippen molar-refractivity contribution in [3.8, 4) is 5.75 Å². The topological polar surface area (TPSA) is 87.6 Å². The molecule has 0 spiro atoms. The second kappa shape index (κ2) is 12.5. The van der Waals surface area contributed by atoms with Gasteiger partial charge in [-0.3, -0.25) is 0 Å². The van der Waals surface area contributed by atoms with Gasteiger partial charge in [0.05, 0.1) is 6.21 Å². The monoisotopic (exact) mass is 575 g/mol. The largest absolute Gasteiger partial charge is 0.488 e. The molecule has 0 unspecified atom stereocenters. The van der Waals surface area contributed by atoms with Crippen LogP contribution < -0.4 is 20.4 Å². The van der Waals surface area contributed by atoms with Gasteiger partial charge in [0.2, 0.25) is 17.8 Å². The van der Waals surface area contributed by atoms with E-state index in [9.17, 15) is 4.39 Å². The third-order valence-corrected chi connectivity index (χ3v) is 6.43. The van der Waals surface area contributed by atoms with Crippen LogP contribution in [0.3, 0.4) is 0 Å². The molecule has 0 radical (unpaired) electrons. The summed E-state index contributed by atoms with van der Waals surface area (Å²) in [4.78, 5) is 15.8. The number of piperidine rings is 1. The van der Waals surface area contributed by atoms with E-state index in [1.165, 1.54) is 18.6 Å². The van der Waals surface area contributed by atoms with Crippen LogP contribution >= 0.6 is 15.9 Å². The molecule has 0 aliphatic carbocycles. The second-order valence-electron chi connectivity index (χ2n) is 8.79. The van der Waals surface area contributed by atoms with E-state index in [1.54, 1.807) is 18.3 Å². The van der Waals surface area contributed by atoms with Crippen LogP contribution in [0.15, 0.2) is 82.4 Å². The van der Waals surface area contributed by atoms with Gasteiger partial charge in [-0.15, -0.1) is 0 Å². The van der Waals surface area contributed by atoms with Gasteiger partial charge in [-0.1, -0.05) is 46.3 Å². The highest BCUT2D eigenvalue weighted by atomic mass is 79.9. The summed E-state index contributed by atoms with van der Waals surface area (Å²) in [7, 11) is 0. The summed E-state index contributed by atoms with van der Waals surface area (Å²) in [5.41, 5.74) is 5.48. The molecule has 0 atom stereocenters. The number of halogens is 2. The number of rotatable bonds is 9. The van der Waals surface area contributed by atoms with Gasteiger partial charge < -0.3 is 15.0 Å². The van der Waals surface area contributed by atoms with Gasteiger partial charge in [-0.25, -0.2) is 9.82 Å². The lowest BCUT2D eigenvalue weighted by molar-refractivity contribution is 0.306. The average Bonchev–Trinajstić information content (AvgIpc) is 2.95. The smallest absolute Gasteiger partial charge is 0.250 e. The van der Waals surface area contributed by atoms with Crippen LogP contribution in [0.4, 0.5) is 27.9 Å². The molecule has 194 valence electrons. The zero-order valence-corrected chi connectivity index (χ0v) is 22.2. The number of benzene rings is 3. The van der Waals surface area contributed by atoms with Crippen molar-refractivity contribution in [2.45, 2.75) is 25.9 Å². The summed E-state index contributed by atoms with van der Waals surface area (Å²) in [6, 6.07) is 21.8. The van der Waals surface area contributed by atoms with Crippen LogP contribution in [-0.2, 0) is 6.61 Å². The van der Waals surface area contributed by atoms with Gasteiger partial charge in [0, 0.05) is 28.8 Å². The fraction of sp³-hybridized carbons (Fsp3) is 0.214. The van der Waals surface area contributed by atoms with Crippen molar-refractivity contribution < 1.29 is 9.13 Å². The van der Waals surface area contributed by atoms with Crippen molar-refractivity contribution in [1.82, 2.24) is 15.0 Å². The normalized spacial score (nSPS) is 13.5. The zero-order chi connectivity index (χ0) is 26.2. The molecule has 1 saturated heterocycles. The van der Waals surface area contributed by atoms with Crippen LogP contribution in [0.5, 0.6) is 5.75 Å². The van der Waals surface area contributed by atoms with E-state index in [-0.39, 0.29) is 5.82 Å². The Morgan fingerprint density at radius 1 is 0.921 bits per heavy atom. The predicted octanol–water partition coefficient (Wildman–Crippen LogP) is 6.53.